The van der Waals surface area contributed by atoms with Gasteiger partial charge in [-0.05, 0) is 19.3 Å². The summed E-state index contributed by atoms with van der Waals surface area (Å²) >= 11 is 0. The molecule has 2 rings (SSSR count). The molecule has 1 aliphatic carbocycles. The quantitative estimate of drug-likeness (QED) is 0.675. The van der Waals surface area contributed by atoms with Crippen molar-refractivity contribution in [2.24, 2.45) is 5.92 Å². The molecule has 1 aliphatic heterocycles. The highest BCUT2D eigenvalue weighted by atomic mass is 16.5. The number of hydrogen-bond donors (Lipinski definition) is 0. The van der Waals surface area contributed by atoms with E-state index in [9.17, 15) is 4.79 Å². The topological polar surface area (TPSA) is 29.5 Å². The summed E-state index contributed by atoms with van der Waals surface area (Å²) in [5, 5.41) is 0. The lowest BCUT2D eigenvalue weighted by molar-refractivity contribution is -0.123. The fourth-order valence-electron chi connectivity index (χ4n) is 1.93. The van der Waals surface area contributed by atoms with E-state index < -0.39 is 0 Å². The third-order valence-corrected chi connectivity index (χ3v) is 3.09. The van der Waals surface area contributed by atoms with E-state index in [-0.39, 0.29) is 0 Å². The molecular weight excluding hydrogens is 178 g/mol. The molecule has 3 nitrogen and oxygen atoms in total. The lowest BCUT2D eigenvalue weighted by atomic mass is 10.2. The van der Waals surface area contributed by atoms with Crippen LogP contribution in [0.5, 0.6) is 0 Å². The second-order valence-electron chi connectivity index (χ2n) is 4.38. The zero-order valence-electron chi connectivity index (χ0n) is 8.87. The Labute approximate surface area is 85.4 Å². The first kappa shape index (κ1) is 10.1. The van der Waals surface area contributed by atoms with Gasteiger partial charge in [-0.15, -0.1) is 0 Å². The third kappa shape index (κ3) is 2.55. The van der Waals surface area contributed by atoms with Crippen molar-refractivity contribution in [3.8, 4) is 0 Å². The van der Waals surface area contributed by atoms with Gasteiger partial charge in [0, 0.05) is 19.0 Å². The summed E-state index contributed by atoms with van der Waals surface area (Å²) in [6.07, 6.45) is 3.64. The summed E-state index contributed by atoms with van der Waals surface area (Å²) in [4.78, 5) is 13.8. The Kier molecular flexibility index (Phi) is 3.19. The van der Waals surface area contributed by atoms with Gasteiger partial charge in [0.1, 0.15) is 5.78 Å². The Morgan fingerprint density at radius 1 is 1.50 bits per heavy atom. The van der Waals surface area contributed by atoms with Crippen molar-refractivity contribution in [3.63, 3.8) is 0 Å². The summed E-state index contributed by atoms with van der Waals surface area (Å²) in [5.74, 6) is 0.847. The molecule has 1 unspecified atom stereocenters. The number of carbonyl (C=O) groups is 1. The lowest BCUT2D eigenvalue weighted by Crippen LogP contribution is -2.44. The molecule has 80 valence electrons. The van der Waals surface area contributed by atoms with Crippen LogP contribution in [0.3, 0.4) is 0 Å². The van der Waals surface area contributed by atoms with Crippen LogP contribution in [0.1, 0.15) is 26.2 Å². The summed E-state index contributed by atoms with van der Waals surface area (Å²) < 4.78 is 5.56. The molecule has 1 heterocycles. The maximum atomic E-state index is 11.6. The Morgan fingerprint density at radius 3 is 2.93 bits per heavy atom. The second-order valence-corrected chi connectivity index (χ2v) is 4.38. The number of carbonyl (C=O) groups excluding carboxylic acids is 1. The van der Waals surface area contributed by atoms with Crippen molar-refractivity contribution in [1.82, 2.24) is 4.90 Å². The zero-order valence-corrected chi connectivity index (χ0v) is 8.87. The average molecular weight is 197 g/mol. The van der Waals surface area contributed by atoms with E-state index in [2.05, 4.69) is 11.8 Å². The van der Waals surface area contributed by atoms with E-state index >= 15 is 0 Å². The highest BCUT2D eigenvalue weighted by molar-refractivity contribution is 5.84. The first-order valence-corrected chi connectivity index (χ1v) is 5.66. The summed E-state index contributed by atoms with van der Waals surface area (Å²) in [7, 11) is 0. The van der Waals surface area contributed by atoms with Crippen molar-refractivity contribution in [3.05, 3.63) is 0 Å². The lowest BCUT2D eigenvalue weighted by Gasteiger charge is -2.31. The minimum atomic E-state index is 0.343. The molecule has 0 N–H and O–H groups in total. The Balaban J connectivity index is 1.76. The maximum Gasteiger partial charge on any atom is 0.149 e. The molecule has 1 saturated heterocycles. The Morgan fingerprint density at radius 2 is 2.29 bits per heavy atom. The molecule has 0 bridgehead atoms. The molecule has 1 atom stereocenters. The van der Waals surface area contributed by atoms with Crippen LogP contribution in [0.25, 0.3) is 0 Å². The van der Waals surface area contributed by atoms with E-state index in [0.717, 1.165) is 39.0 Å². The van der Waals surface area contributed by atoms with Crippen molar-refractivity contribution in [2.45, 2.75) is 32.3 Å². The van der Waals surface area contributed by atoms with E-state index in [1.807, 2.05) is 0 Å². The maximum absolute atomic E-state index is 11.6. The molecule has 14 heavy (non-hydrogen) atoms. The normalized spacial score (nSPS) is 29.1. The van der Waals surface area contributed by atoms with E-state index in [1.54, 1.807) is 0 Å². The van der Waals surface area contributed by atoms with Crippen molar-refractivity contribution in [1.29, 1.82) is 0 Å². The van der Waals surface area contributed by atoms with E-state index in [4.69, 9.17) is 4.74 Å². The Hall–Kier alpha value is -0.410. The standard InChI is InChI=1S/C11H19NO2/c1-2-10-7-12(5-6-14-10)8-11(13)9-3-4-9/h9-10H,2-8H2,1H3. The molecule has 2 aliphatic rings. The highest BCUT2D eigenvalue weighted by Crippen LogP contribution is 2.30. The number of ether oxygens (including phenoxy) is 1. The van der Waals surface area contributed by atoms with Crippen LogP contribution in [0, 0.1) is 5.92 Å². The molecule has 0 spiro atoms. The molecule has 0 aromatic carbocycles. The molecule has 0 radical (unpaired) electrons. The highest BCUT2D eigenvalue weighted by Gasteiger charge is 2.31. The van der Waals surface area contributed by atoms with Crippen molar-refractivity contribution in [2.75, 3.05) is 26.2 Å². The van der Waals surface area contributed by atoms with Gasteiger partial charge >= 0.3 is 0 Å². The minimum absolute atomic E-state index is 0.343. The van der Waals surface area contributed by atoms with Gasteiger partial charge < -0.3 is 4.74 Å². The summed E-state index contributed by atoms with van der Waals surface area (Å²) in [5.41, 5.74) is 0. The number of morpholine rings is 1. The van der Waals surface area contributed by atoms with Gasteiger partial charge in [-0.3, -0.25) is 9.69 Å². The third-order valence-electron chi connectivity index (χ3n) is 3.09. The van der Waals surface area contributed by atoms with Crippen LogP contribution >= 0.6 is 0 Å². The van der Waals surface area contributed by atoms with Crippen LogP contribution < -0.4 is 0 Å². The molecule has 0 amide bonds. The monoisotopic (exact) mass is 197 g/mol. The minimum Gasteiger partial charge on any atom is -0.376 e. The Bertz CT molecular complexity index is 213. The zero-order chi connectivity index (χ0) is 9.97. The number of nitrogens with zero attached hydrogens (tertiary/aromatic N) is 1. The SMILES string of the molecule is CCC1CN(CC(=O)C2CC2)CCO1. The first-order chi connectivity index (χ1) is 6.79. The van der Waals surface area contributed by atoms with Gasteiger partial charge in [0.05, 0.1) is 19.3 Å². The number of hydrogen-bond acceptors (Lipinski definition) is 3. The van der Waals surface area contributed by atoms with Gasteiger partial charge in [-0.1, -0.05) is 6.92 Å². The van der Waals surface area contributed by atoms with Crippen LogP contribution in [0.4, 0.5) is 0 Å². The predicted octanol–water partition coefficient (Wildman–Crippen LogP) is 1.08. The smallest absolute Gasteiger partial charge is 0.149 e. The molecule has 0 aromatic heterocycles. The predicted molar refractivity (Wildman–Crippen MR) is 54.2 cm³/mol. The summed E-state index contributed by atoms with van der Waals surface area (Å²) in [6, 6.07) is 0. The van der Waals surface area contributed by atoms with E-state index in [0.29, 0.717) is 24.3 Å². The number of ketones is 1. The van der Waals surface area contributed by atoms with Crippen LogP contribution in [0.2, 0.25) is 0 Å². The van der Waals surface area contributed by atoms with Gasteiger partial charge in [0.15, 0.2) is 0 Å². The van der Waals surface area contributed by atoms with Crippen LogP contribution in [-0.2, 0) is 9.53 Å². The van der Waals surface area contributed by atoms with Gasteiger partial charge in [-0.2, -0.15) is 0 Å². The van der Waals surface area contributed by atoms with E-state index in [1.165, 1.54) is 0 Å². The molecule has 1 saturated carbocycles. The second kappa shape index (κ2) is 4.41. The average Bonchev–Trinajstić information content (AvgIpc) is 3.01. The van der Waals surface area contributed by atoms with Gasteiger partial charge in [-0.25, -0.2) is 0 Å². The van der Waals surface area contributed by atoms with Gasteiger partial charge in [0.2, 0.25) is 0 Å². The van der Waals surface area contributed by atoms with Crippen LogP contribution in [-0.4, -0.2) is 43.0 Å². The summed E-state index contributed by atoms with van der Waals surface area (Å²) in [6.45, 7) is 5.45. The van der Waals surface area contributed by atoms with Crippen molar-refractivity contribution >= 4 is 5.78 Å². The van der Waals surface area contributed by atoms with Crippen LogP contribution in [0.15, 0.2) is 0 Å². The number of Topliss-reactive ketones (excluding diaryl/α,β-unsaturated/α-hetero) is 1. The molecular formula is C11H19NO2. The fourth-order valence-corrected chi connectivity index (χ4v) is 1.93. The molecule has 3 heteroatoms. The van der Waals surface area contributed by atoms with Gasteiger partial charge in [0.25, 0.3) is 0 Å². The molecule has 2 fully saturated rings. The number of rotatable bonds is 4. The molecule has 0 aromatic rings. The van der Waals surface area contributed by atoms with Crippen molar-refractivity contribution < 1.29 is 9.53 Å². The largest absolute Gasteiger partial charge is 0.376 e. The first-order valence-electron chi connectivity index (χ1n) is 5.66. The fraction of sp³-hybridized carbons (Fsp3) is 0.909.